The van der Waals surface area contributed by atoms with E-state index >= 15 is 0 Å². The Bertz CT molecular complexity index is 980. The number of ether oxygens (including phenoxy) is 2. The smallest absolute Gasteiger partial charge is 0.410 e. The minimum absolute atomic E-state index is 0.0308. The molecule has 8 heteroatoms. The molecule has 0 unspecified atom stereocenters. The molecule has 0 saturated heterocycles. The van der Waals surface area contributed by atoms with Crippen LogP contribution in [-0.2, 0) is 16.1 Å². The molecule has 1 heterocycles. The van der Waals surface area contributed by atoms with Crippen molar-refractivity contribution in [1.29, 1.82) is 0 Å². The van der Waals surface area contributed by atoms with Gasteiger partial charge in [-0.3, -0.25) is 4.79 Å². The lowest BCUT2D eigenvalue weighted by Gasteiger charge is -2.28. The molecule has 2 aliphatic carbocycles. The molecular formula is C26H34N2O6. The molecular weight excluding hydrogens is 436 g/mol. The maximum absolute atomic E-state index is 12.5. The Balaban J connectivity index is 1.36. The third kappa shape index (κ3) is 5.90. The van der Waals surface area contributed by atoms with Crippen LogP contribution in [0, 0.1) is 12.8 Å². The van der Waals surface area contributed by atoms with Gasteiger partial charge in [0.25, 0.3) is 0 Å². The van der Waals surface area contributed by atoms with Crippen LogP contribution in [0.15, 0.2) is 28.8 Å². The lowest BCUT2D eigenvalue weighted by atomic mass is 9.85. The van der Waals surface area contributed by atoms with Gasteiger partial charge in [-0.25, -0.2) is 4.79 Å². The summed E-state index contributed by atoms with van der Waals surface area (Å²) < 4.78 is 17.3. The summed E-state index contributed by atoms with van der Waals surface area (Å²) in [7, 11) is 1.80. The second kappa shape index (κ2) is 10.9. The molecule has 0 spiro atoms. The van der Waals surface area contributed by atoms with Crippen LogP contribution in [0.3, 0.4) is 0 Å². The zero-order valence-electron chi connectivity index (χ0n) is 20.0. The average molecular weight is 471 g/mol. The monoisotopic (exact) mass is 470 g/mol. The minimum Gasteiger partial charge on any atom is -0.490 e. The van der Waals surface area contributed by atoms with Crippen LogP contribution in [0.1, 0.15) is 69.0 Å². The number of carbonyl (C=O) groups excluding carboxylic acids is 1. The highest BCUT2D eigenvalue weighted by molar-refractivity contribution is 5.69. The van der Waals surface area contributed by atoms with Crippen molar-refractivity contribution < 1.29 is 28.7 Å². The first-order valence-corrected chi connectivity index (χ1v) is 12.2. The van der Waals surface area contributed by atoms with Crippen LogP contribution in [0.5, 0.6) is 5.75 Å². The Morgan fingerprint density at radius 1 is 1.12 bits per heavy atom. The van der Waals surface area contributed by atoms with Gasteiger partial charge in [-0.1, -0.05) is 18.0 Å². The number of aliphatic carboxylic acids is 1. The standard InChI is InChI=1S/C26H34N2O6/c1-17-23(16-32-26(31)28(2)20-7-3-4-8-20)25(34-27-17)19-10-12-21(13-11-19)33-22-9-5-6-18(14-22)15-24(29)30/h10-13,18,20,22H,3-9,14-16H2,1-2H3,(H,29,30)/t18-,22-/m0/s1. The molecule has 184 valence electrons. The second-order valence-corrected chi connectivity index (χ2v) is 9.57. The van der Waals surface area contributed by atoms with E-state index in [-0.39, 0.29) is 37.2 Å². The van der Waals surface area contributed by atoms with Gasteiger partial charge in [-0.05, 0) is 75.6 Å². The van der Waals surface area contributed by atoms with E-state index < -0.39 is 5.97 Å². The van der Waals surface area contributed by atoms with Crippen molar-refractivity contribution >= 4 is 12.1 Å². The van der Waals surface area contributed by atoms with E-state index in [9.17, 15) is 9.59 Å². The fourth-order valence-electron chi connectivity index (χ4n) is 5.12. The van der Waals surface area contributed by atoms with E-state index in [1.807, 2.05) is 31.2 Å². The van der Waals surface area contributed by atoms with E-state index in [4.69, 9.17) is 19.1 Å². The number of nitrogens with zero attached hydrogens (tertiary/aromatic N) is 2. The zero-order valence-corrected chi connectivity index (χ0v) is 20.0. The molecule has 0 bridgehead atoms. The molecule has 8 nitrogen and oxygen atoms in total. The molecule has 2 saturated carbocycles. The van der Waals surface area contributed by atoms with Gasteiger partial charge in [0.1, 0.15) is 12.4 Å². The van der Waals surface area contributed by atoms with Crippen LogP contribution in [-0.4, -0.2) is 46.4 Å². The van der Waals surface area contributed by atoms with E-state index in [1.54, 1.807) is 11.9 Å². The predicted molar refractivity (Wildman–Crippen MR) is 126 cm³/mol. The Kier molecular flexibility index (Phi) is 7.75. The Morgan fingerprint density at radius 3 is 2.56 bits per heavy atom. The third-order valence-corrected chi connectivity index (χ3v) is 7.10. The molecule has 1 amide bonds. The summed E-state index contributed by atoms with van der Waals surface area (Å²) in [4.78, 5) is 25.2. The number of carboxylic acid groups (broad SMARTS) is 1. The molecule has 4 rings (SSSR count). The number of aromatic nitrogens is 1. The highest BCUT2D eigenvalue weighted by Crippen LogP contribution is 2.32. The van der Waals surface area contributed by atoms with Crippen LogP contribution in [0.2, 0.25) is 0 Å². The van der Waals surface area contributed by atoms with Crippen LogP contribution in [0.4, 0.5) is 4.79 Å². The average Bonchev–Trinajstić information content (AvgIpc) is 3.47. The fourth-order valence-corrected chi connectivity index (χ4v) is 5.12. The number of carboxylic acids is 1. The molecule has 34 heavy (non-hydrogen) atoms. The van der Waals surface area contributed by atoms with Crippen molar-refractivity contribution in [3.05, 3.63) is 35.5 Å². The highest BCUT2D eigenvalue weighted by atomic mass is 16.6. The number of carbonyl (C=O) groups is 2. The first-order chi connectivity index (χ1) is 16.4. The van der Waals surface area contributed by atoms with Gasteiger partial charge in [0.05, 0.1) is 17.4 Å². The van der Waals surface area contributed by atoms with E-state index in [0.717, 1.165) is 68.2 Å². The van der Waals surface area contributed by atoms with Gasteiger partial charge in [0.2, 0.25) is 0 Å². The van der Waals surface area contributed by atoms with Crippen molar-refractivity contribution in [2.45, 2.75) is 83.5 Å². The summed E-state index contributed by atoms with van der Waals surface area (Å²) in [6.07, 6.45) is 7.89. The van der Waals surface area contributed by atoms with E-state index in [1.165, 1.54) is 0 Å². The van der Waals surface area contributed by atoms with Gasteiger partial charge in [-0.15, -0.1) is 0 Å². The molecule has 1 aromatic heterocycles. The molecule has 2 aromatic rings. The minimum atomic E-state index is -0.746. The molecule has 0 radical (unpaired) electrons. The predicted octanol–water partition coefficient (Wildman–Crippen LogP) is 5.57. The van der Waals surface area contributed by atoms with Gasteiger partial charge < -0.3 is 24.0 Å². The first kappa shape index (κ1) is 24.1. The maximum Gasteiger partial charge on any atom is 0.410 e. The quantitative estimate of drug-likeness (QED) is 0.538. The van der Waals surface area contributed by atoms with Gasteiger partial charge in [0, 0.05) is 25.1 Å². The summed E-state index contributed by atoms with van der Waals surface area (Å²) in [6.45, 7) is 1.94. The SMILES string of the molecule is Cc1noc(-c2ccc(O[C@H]3CCC[C@H](CC(=O)O)C3)cc2)c1COC(=O)N(C)C1CCCC1. The van der Waals surface area contributed by atoms with Crippen molar-refractivity contribution in [1.82, 2.24) is 10.1 Å². The highest BCUT2D eigenvalue weighted by Gasteiger charge is 2.26. The Morgan fingerprint density at radius 2 is 1.85 bits per heavy atom. The molecule has 1 aromatic carbocycles. The summed E-state index contributed by atoms with van der Waals surface area (Å²) in [5, 5.41) is 13.1. The van der Waals surface area contributed by atoms with Crippen molar-refractivity contribution in [3.63, 3.8) is 0 Å². The number of hydrogen-bond acceptors (Lipinski definition) is 6. The Hall–Kier alpha value is -3.03. The number of aryl methyl sites for hydroxylation is 1. The topological polar surface area (TPSA) is 102 Å². The summed E-state index contributed by atoms with van der Waals surface area (Å²) >= 11 is 0. The van der Waals surface area contributed by atoms with E-state index in [2.05, 4.69) is 5.16 Å². The second-order valence-electron chi connectivity index (χ2n) is 9.57. The first-order valence-electron chi connectivity index (χ1n) is 12.2. The van der Waals surface area contributed by atoms with Crippen LogP contribution in [0.25, 0.3) is 11.3 Å². The van der Waals surface area contributed by atoms with Crippen molar-refractivity contribution in [3.8, 4) is 17.1 Å². The zero-order chi connectivity index (χ0) is 24.1. The maximum atomic E-state index is 12.5. The van der Waals surface area contributed by atoms with Gasteiger partial charge in [-0.2, -0.15) is 0 Å². The molecule has 2 atom stereocenters. The number of amides is 1. The van der Waals surface area contributed by atoms with Crippen LogP contribution >= 0.6 is 0 Å². The molecule has 2 aliphatic rings. The number of hydrogen-bond donors (Lipinski definition) is 1. The lowest BCUT2D eigenvalue weighted by Crippen LogP contribution is -2.35. The van der Waals surface area contributed by atoms with Crippen molar-refractivity contribution in [2.75, 3.05) is 7.05 Å². The molecule has 1 N–H and O–H groups in total. The summed E-state index contributed by atoms with van der Waals surface area (Å²) in [5.74, 6) is 0.751. The summed E-state index contributed by atoms with van der Waals surface area (Å²) in [6, 6.07) is 7.84. The Labute approximate surface area is 200 Å². The number of benzene rings is 1. The van der Waals surface area contributed by atoms with Gasteiger partial charge >= 0.3 is 12.1 Å². The molecule has 0 aliphatic heterocycles. The number of rotatable bonds is 8. The van der Waals surface area contributed by atoms with Crippen LogP contribution < -0.4 is 4.74 Å². The largest absolute Gasteiger partial charge is 0.490 e. The van der Waals surface area contributed by atoms with E-state index in [0.29, 0.717) is 11.5 Å². The summed E-state index contributed by atoms with van der Waals surface area (Å²) in [5.41, 5.74) is 2.28. The lowest BCUT2D eigenvalue weighted by molar-refractivity contribution is -0.138. The fraction of sp³-hybridized carbons (Fsp3) is 0.577. The molecule has 2 fully saturated rings. The third-order valence-electron chi connectivity index (χ3n) is 7.10. The normalized spacial score (nSPS) is 20.8. The van der Waals surface area contributed by atoms with Gasteiger partial charge in [0.15, 0.2) is 5.76 Å². The van der Waals surface area contributed by atoms with Crippen molar-refractivity contribution in [2.24, 2.45) is 5.92 Å².